The average molecular weight is 521 g/mol. The van der Waals surface area contributed by atoms with Crippen LogP contribution in [0.4, 0.5) is 0 Å². The summed E-state index contributed by atoms with van der Waals surface area (Å²) < 4.78 is 35.3. The normalized spacial score (nSPS) is 51.2. The van der Waals surface area contributed by atoms with Crippen molar-refractivity contribution in [3.05, 3.63) is 23.5 Å². The van der Waals surface area contributed by atoms with E-state index in [1.807, 2.05) is 13.2 Å². The zero-order valence-corrected chi connectivity index (χ0v) is 22.1. The molecule has 6 aliphatic rings. The number of rotatable bonds is 3. The predicted molar refractivity (Wildman–Crippen MR) is 130 cm³/mol. The Kier molecular flexibility index (Phi) is 6.49. The molecule has 0 bridgehead atoms. The van der Waals surface area contributed by atoms with Crippen molar-refractivity contribution in [3.8, 4) is 0 Å². The van der Waals surface area contributed by atoms with E-state index in [0.717, 1.165) is 32.1 Å². The number of hydrogen-bond donors (Lipinski definition) is 2. The second-order valence-corrected chi connectivity index (χ2v) is 12.1. The molecule has 4 unspecified atom stereocenters. The lowest BCUT2D eigenvalue weighted by Crippen LogP contribution is -2.59. The van der Waals surface area contributed by atoms with Crippen molar-refractivity contribution < 1.29 is 43.4 Å². The van der Waals surface area contributed by atoms with Gasteiger partial charge in [-0.15, -0.1) is 0 Å². The minimum atomic E-state index is -1.07. The Labute approximate surface area is 218 Å². The fourth-order valence-electron chi connectivity index (χ4n) is 7.89. The number of hydrogen-bond acceptors (Lipinski definition) is 9. The minimum Gasteiger partial charge on any atom is -0.469 e. The van der Waals surface area contributed by atoms with Gasteiger partial charge in [-0.25, -0.2) is 0 Å². The van der Waals surface area contributed by atoms with E-state index in [-0.39, 0.29) is 41.3 Å². The molecule has 4 aliphatic heterocycles. The molecular formula is C28H40O9. The van der Waals surface area contributed by atoms with Crippen LogP contribution in [-0.2, 0) is 33.2 Å². The highest BCUT2D eigenvalue weighted by atomic mass is 16.7. The minimum absolute atomic E-state index is 0.0419. The van der Waals surface area contributed by atoms with E-state index >= 15 is 0 Å². The maximum absolute atomic E-state index is 13.5. The molecule has 1 saturated carbocycles. The first-order valence-electron chi connectivity index (χ1n) is 13.7. The van der Waals surface area contributed by atoms with E-state index in [1.165, 1.54) is 18.3 Å². The van der Waals surface area contributed by atoms with Crippen molar-refractivity contribution >= 4 is 5.97 Å². The molecule has 2 aliphatic carbocycles. The highest BCUT2D eigenvalue weighted by molar-refractivity contribution is 5.74. The van der Waals surface area contributed by atoms with E-state index in [1.54, 1.807) is 6.92 Å². The van der Waals surface area contributed by atoms with E-state index < -0.39 is 36.5 Å². The zero-order valence-electron chi connectivity index (χ0n) is 22.1. The summed E-state index contributed by atoms with van der Waals surface area (Å²) in [7, 11) is 1.47. The molecule has 206 valence electrons. The molecule has 0 spiro atoms. The number of aliphatic hydroxyl groups is 2. The first-order chi connectivity index (χ1) is 17.6. The molecule has 2 N–H and O–H groups in total. The molecule has 4 fully saturated rings. The molecule has 37 heavy (non-hydrogen) atoms. The number of ether oxygens (including phenoxy) is 6. The second-order valence-electron chi connectivity index (χ2n) is 12.1. The van der Waals surface area contributed by atoms with Crippen LogP contribution in [0.15, 0.2) is 23.5 Å². The Morgan fingerprint density at radius 1 is 1.16 bits per heavy atom. The number of aliphatic hydroxyl groups excluding tert-OH is 2. The number of allylic oxidation sites excluding steroid dienone is 1. The van der Waals surface area contributed by atoms with E-state index in [2.05, 4.69) is 13.0 Å². The summed E-state index contributed by atoms with van der Waals surface area (Å²) in [6.45, 7) is 6.35. The summed E-state index contributed by atoms with van der Waals surface area (Å²) in [5, 5.41) is 21.0. The van der Waals surface area contributed by atoms with Gasteiger partial charge in [-0.2, -0.15) is 0 Å². The maximum atomic E-state index is 13.5. The van der Waals surface area contributed by atoms with Crippen molar-refractivity contribution in [2.75, 3.05) is 13.7 Å². The molecule has 0 aromatic heterocycles. The lowest BCUT2D eigenvalue weighted by molar-refractivity contribution is -0.309. The Morgan fingerprint density at radius 2 is 1.97 bits per heavy atom. The van der Waals surface area contributed by atoms with Gasteiger partial charge in [0.2, 0.25) is 5.79 Å². The molecule has 12 atom stereocenters. The fraction of sp³-hybridized carbons (Fsp3) is 0.821. The number of carbonyl (C=O) groups is 1. The zero-order chi connectivity index (χ0) is 26.1. The molecule has 4 heterocycles. The first kappa shape index (κ1) is 25.8. The van der Waals surface area contributed by atoms with Crippen LogP contribution < -0.4 is 0 Å². The van der Waals surface area contributed by atoms with Gasteiger partial charge < -0.3 is 38.6 Å². The van der Waals surface area contributed by atoms with Gasteiger partial charge in [-0.05, 0) is 62.4 Å². The summed E-state index contributed by atoms with van der Waals surface area (Å²) in [6.07, 6.45) is 4.30. The second kappa shape index (κ2) is 9.31. The Bertz CT molecular complexity index is 979. The molecule has 3 saturated heterocycles. The highest BCUT2D eigenvalue weighted by Gasteiger charge is 2.58. The SMILES string of the molecule is CO[C@@H]1[C@@H](O)[C@H](O[C@H]2CC[C@@]3(C)C(=CCC4C(=O)OC5CO[C@]6(C)OC=C(CCC43)C56)C2)O[C@H](C)[C@H]1O. The number of methoxy groups -OCH3 is 1. The Hall–Kier alpha value is -1.49. The van der Waals surface area contributed by atoms with Gasteiger partial charge in [-0.3, -0.25) is 4.79 Å². The highest BCUT2D eigenvalue weighted by Crippen LogP contribution is 2.57. The average Bonchev–Trinajstić information content (AvgIpc) is 3.38. The van der Waals surface area contributed by atoms with Crippen molar-refractivity contribution in [1.82, 2.24) is 0 Å². The molecule has 9 nitrogen and oxygen atoms in total. The van der Waals surface area contributed by atoms with Gasteiger partial charge in [0.05, 0.1) is 36.9 Å². The first-order valence-corrected chi connectivity index (χ1v) is 13.7. The van der Waals surface area contributed by atoms with Gasteiger partial charge >= 0.3 is 5.97 Å². The van der Waals surface area contributed by atoms with Crippen LogP contribution in [0.2, 0.25) is 0 Å². The van der Waals surface area contributed by atoms with E-state index in [9.17, 15) is 15.0 Å². The van der Waals surface area contributed by atoms with Crippen molar-refractivity contribution in [3.63, 3.8) is 0 Å². The third kappa shape index (κ3) is 4.08. The van der Waals surface area contributed by atoms with Crippen molar-refractivity contribution in [2.24, 2.45) is 23.2 Å². The van der Waals surface area contributed by atoms with E-state index in [0.29, 0.717) is 13.0 Å². The van der Waals surface area contributed by atoms with Crippen LogP contribution in [0.25, 0.3) is 0 Å². The van der Waals surface area contributed by atoms with Crippen LogP contribution in [0.1, 0.15) is 59.3 Å². The topological polar surface area (TPSA) is 113 Å². The predicted octanol–water partition coefficient (Wildman–Crippen LogP) is 2.59. The number of carbonyl (C=O) groups excluding carboxylic acids is 1. The third-order valence-electron chi connectivity index (χ3n) is 10.1. The van der Waals surface area contributed by atoms with Gasteiger partial charge in [0.15, 0.2) is 6.29 Å². The van der Waals surface area contributed by atoms with E-state index in [4.69, 9.17) is 28.4 Å². The Morgan fingerprint density at radius 3 is 2.76 bits per heavy atom. The van der Waals surface area contributed by atoms with Crippen LogP contribution in [0.3, 0.4) is 0 Å². The standard InChI is InChI=1S/C28H40O9/c1-14-22(29)24(32-4)23(30)26(35-14)36-17-9-10-27(2)16(11-17)6-7-18-19(27)8-5-15-12-33-28(3)21(15)20(13-34-28)37-25(18)31/h6,12,14,17-24,26,29-30H,5,7-11,13H2,1-4H3/t14-,17+,18?,19?,20?,21?,22-,23-,24+,26+,27+,28+/m1/s1. The molecule has 0 amide bonds. The summed E-state index contributed by atoms with van der Waals surface area (Å²) >= 11 is 0. The van der Waals surface area contributed by atoms with Crippen LogP contribution >= 0.6 is 0 Å². The fourth-order valence-corrected chi connectivity index (χ4v) is 7.89. The third-order valence-corrected chi connectivity index (χ3v) is 10.1. The van der Waals surface area contributed by atoms with Crippen molar-refractivity contribution in [1.29, 1.82) is 0 Å². The maximum Gasteiger partial charge on any atom is 0.309 e. The lowest BCUT2D eigenvalue weighted by Gasteiger charge is -2.51. The van der Waals surface area contributed by atoms with Gasteiger partial charge in [0.1, 0.15) is 24.4 Å². The van der Waals surface area contributed by atoms with Crippen LogP contribution in [0.5, 0.6) is 0 Å². The van der Waals surface area contributed by atoms with Crippen LogP contribution in [0, 0.1) is 23.2 Å². The summed E-state index contributed by atoms with van der Waals surface area (Å²) in [5.41, 5.74) is 2.36. The van der Waals surface area contributed by atoms with Crippen molar-refractivity contribution in [2.45, 2.75) is 108 Å². The molecule has 9 heteroatoms. The molecule has 6 rings (SSSR count). The summed E-state index contributed by atoms with van der Waals surface area (Å²) in [6, 6.07) is 0. The lowest BCUT2D eigenvalue weighted by atomic mass is 9.55. The summed E-state index contributed by atoms with van der Waals surface area (Å²) in [5.74, 6) is -0.910. The quantitative estimate of drug-likeness (QED) is 0.428. The Balaban J connectivity index is 1.19. The smallest absolute Gasteiger partial charge is 0.309 e. The molecule has 0 aromatic carbocycles. The van der Waals surface area contributed by atoms with Crippen LogP contribution in [-0.4, -0.2) is 78.6 Å². The van der Waals surface area contributed by atoms with Gasteiger partial charge in [0.25, 0.3) is 0 Å². The number of esters is 1. The largest absolute Gasteiger partial charge is 0.469 e. The van der Waals surface area contributed by atoms with Gasteiger partial charge in [-0.1, -0.05) is 18.6 Å². The molecule has 0 radical (unpaired) electrons. The van der Waals surface area contributed by atoms with Gasteiger partial charge in [0, 0.05) is 14.0 Å². The number of fused-ring (bicyclic) bond motifs is 3. The summed E-state index contributed by atoms with van der Waals surface area (Å²) in [4.78, 5) is 13.5. The molecule has 0 aromatic rings. The monoisotopic (exact) mass is 520 g/mol. The molecular weight excluding hydrogens is 480 g/mol.